The molecule has 2 fully saturated rings. The van der Waals surface area contributed by atoms with Crippen LogP contribution in [-0.2, 0) is 11.2 Å². The van der Waals surface area contributed by atoms with E-state index in [4.69, 9.17) is 16.3 Å². The molecule has 1 N–H and O–H groups in total. The second-order valence-corrected chi connectivity index (χ2v) is 6.83. The Bertz CT molecular complexity index is 560. The van der Waals surface area contributed by atoms with E-state index in [1.165, 1.54) is 12.0 Å². The van der Waals surface area contributed by atoms with E-state index in [-0.39, 0.29) is 0 Å². The number of ether oxygens (including phenoxy) is 1. The Morgan fingerprint density at radius 3 is 2.92 bits per heavy atom. The first kappa shape index (κ1) is 17.5. The number of benzene rings is 1. The van der Waals surface area contributed by atoms with Gasteiger partial charge in [-0.15, -0.1) is 0 Å². The maximum absolute atomic E-state index is 6.04. The summed E-state index contributed by atoms with van der Waals surface area (Å²) in [6, 6.07) is 8.67. The van der Waals surface area contributed by atoms with Gasteiger partial charge in [-0.2, -0.15) is 0 Å². The van der Waals surface area contributed by atoms with Crippen molar-refractivity contribution in [2.45, 2.75) is 18.9 Å². The lowest BCUT2D eigenvalue weighted by Crippen LogP contribution is -2.46. The van der Waals surface area contributed by atoms with Crippen LogP contribution in [0.4, 0.5) is 0 Å². The van der Waals surface area contributed by atoms with E-state index in [1.54, 1.807) is 0 Å². The number of nitrogens with zero attached hydrogens (tertiary/aromatic N) is 3. The third-order valence-corrected chi connectivity index (χ3v) is 5.06. The number of guanidine groups is 1. The number of morpholine rings is 1. The minimum Gasteiger partial charge on any atom is -0.379 e. The van der Waals surface area contributed by atoms with Crippen molar-refractivity contribution < 1.29 is 4.74 Å². The highest BCUT2D eigenvalue weighted by atomic mass is 35.5. The smallest absolute Gasteiger partial charge is 0.193 e. The molecule has 2 aliphatic rings. The van der Waals surface area contributed by atoms with E-state index in [2.05, 4.69) is 26.2 Å². The minimum atomic E-state index is 0.625. The molecule has 2 aliphatic heterocycles. The topological polar surface area (TPSA) is 40.1 Å². The summed E-state index contributed by atoms with van der Waals surface area (Å²) in [5.41, 5.74) is 1.25. The molecule has 0 bridgehead atoms. The monoisotopic (exact) mass is 350 g/mol. The van der Waals surface area contributed by atoms with Crippen molar-refractivity contribution in [3.8, 4) is 0 Å². The highest BCUT2D eigenvalue weighted by Crippen LogP contribution is 2.17. The molecular weight excluding hydrogens is 324 g/mol. The molecule has 0 spiro atoms. The Kier molecular flexibility index (Phi) is 6.35. The molecular formula is C18H27ClN4O. The van der Waals surface area contributed by atoms with Crippen molar-refractivity contribution in [3.63, 3.8) is 0 Å². The molecule has 2 heterocycles. The summed E-state index contributed by atoms with van der Waals surface area (Å²) in [5, 5.41) is 4.29. The predicted molar refractivity (Wildman–Crippen MR) is 98.9 cm³/mol. The molecule has 5 nitrogen and oxygen atoms in total. The van der Waals surface area contributed by atoms with E-state index < -0.39 is 0 Å². The summed E-state index contributed by atoms with van der Waals surface area (Å²) in [6.45, 7) is 6.83. The Balaban J connectivity index is 1.46. The zero-order valence-corrected chi connectivity index (χ0v) is 15.1. The van der Waals surface area contributed by atoms with Gasteiger partial charge in [0.05, 0.1) is 13.2 Å². The third kappa shape index (κ3) is 4.62. The summed E-state index contributed by atoms with van der Waals surface area (Å²) in [5.74, 6) is 1.01. The van der Waals surface area contributed by atoms with E-state index in [0.29, 0.717) is 6.04 Å². The van der Waals surface area contributed by atoms with Crippen molar-refractivity contribution in [3.05, 3.63) is 34.9 Å². The van der Waals surface area contributed by atoms with Crippen LogP contribution in [0.2, 0.25) is 5.02 Å². The molecule has 1 unspecified atom stereocenters. The van der Waals surface area contributed by atoms with Crippen molar-refractivity contribution >= 4 is 17.6 Å². The SMILES string of the molecule is CN=C(NCCc1cccc(Cl)c1)N1CCC(N2CCOCC2)C1. The molecule has 24 heavy (non-hydrogen) atoms. The van der Waals surface area contributed by atoms with Gasteiger partial charge in [0, 0.05) is 50.8 Å². The summed E-state index contributed by atoms with van der Waals surface area (Å²) in [6.07, 6.45) is 2.15. The molecule has 1 atom stereocenters. The molecule has 0 radical (unpaired) electrons. The number of aliphatic imine (C=N–C) groups is 1. The lowest BCUT2D eigenvalue weighted by atomic mass is 10.1. The van der Waals surface area contributed by atoms with E-state index in [0.717, 1.165) is 63.3 Å². The van der Waals surface area contributed by atoms with Crippen LogP contribution in [0, 0.1) is 0 Å². The zero-order valence-electron chi connectivity index (χ0n) is 14.4. The van der Waals surface area contributed by atoms with Crippen LogP contribution in [0.1, 0.15) is 12.0 Å². The summed E-state index contributed by atoms with van der Waals surface area (Å²) in [4.78, 5) is 9.39. The van der Waals surface area contributed by atoms with Crippen molar-refractivity contribution in [2.75, 3.05) is 53.0 Å². The maximum atomic E-state index is 6.04. The predicted octanol–water partition coefficient (Wildman–Crippen LogP) is 1.86. The largest absolute Gasteiger partial charge is 0.379 e. The summed E-state index contributed by atoms with van der Waals surface area (Å²) >= 11 is 6.04. The molecule has 0 aromatic heterocycles. The van der Waals surface area contributed by atoms with Gasteiger partial charge in [0.1, 0.15) is 0 Å². The highest BCUT2D eigenvalue weighted by Gasteiger charge is 2.30. The zero-order chi connectivity index (χ0) is 16.8. The second-order valence-electron chi connectivity index (χ2n) is 6.39. The van der Waals surface area contributed by atoms with Crippen molar-refractivity contribution in [1.82, 2.24) is 15.1 Å². The first-order valence-electron chi connectivity index (χ1n) is 8.78. The minimum absolute atomic E-state index is 0.625. The van der Waals surface area contributed by atoms with E-state index in [1.807, 2.05) is 25.2 Å². The summed E-state index contributed by atoms with van der Waals surface area (Å²) in [7, 11) is 1.86. The molecule has 0 amide bonds. The number of nitrogens with one attached hydrogen (secondary N) is 1. The van der Waals surface area contributed by atoms with Gasteiger partial charge in [-0.3, -0.25) is 9.89 Å². The van der Waals surface area contributed by atoms with E-state index >= 15 is 0 Å². The quantitative estimate of drug-likeness (QED) is 0.664. The van der Waals surface area contributed by atoms with Gasteiger partial charge in [-0.1, -0.05) is 23.7 Å². The third-order valence-electron chi connectivity index (χ3n) is 4.82. The Hall–Kier alpha value is -1.30. The second kappa shape index (κ2) is 8.70. The van der Waals surface area contributed by atoms with Crippen LogP contribution in [0.15, 0.2) is 29.3 Å². The fraction of sp³-hybridized carbons (Fsp3) is 0.611. The van der Waals surface area contributed by atoms with Crippen molar-refractivity contribution in [1.29, 1.82) is 0 Å². The van der Waals surface area contributed by atoms with Crippen LogP contribution >= 0.6 is 11.6 Å². The Morgan fingerprint density at radius 1 is 1.33 bits per heavy atom. The van der Waals surface area contributed by atoms with Crippen LogP contribution in [0.3, 0.4) is 0 Å². The number of likely N-dealkylation sites (tertiary alicyclic amines) is 1. The molecule has 1 aromatic rings. The van der Waals surface area contributed by atoms with Gasteiger partial charge in [-0.05, 0) is 30.5 Å². The van der Waals surface area contributed by atoms with Gasteiger partial charge < -0.3 is 15.0 Å². The average molecular weight is 351 g/mol. The van der Waals surface area contributed by atoms with Gasteiger partial charge in [0.2, 0.25) is 0 Å². The summed E-state index contributed by atoms with van der Waals surface area (Å²) < 4.78 is 5.46. The first-order valence-corrected chi connectivity index (χ1v) is 9.16. The fourth-order valence-electron chi connectivity index (χ4n) is 3.52. The fourth-order valence-corrected chi connectivity index (χ4v) is 3.73. The molecule has 0 aliphatic carbocycles. The highest BCUT2D eigenvalue weighted by molar-refractivity contribution is 6.30. The van der Waals surface area contributed by atoms with E-state index in [9.17, 15) is 0 Å². The number of hydrogen-bond acceptors (Lipinski definition) is 3. The van der Waals surface area contributed by atoms with Crippen LogP contribution < -0.4 is 5.32 Å². The van der Waals surface area contributed by atoms with Gasteiger partial charge in [0.25, 0.3) is 0 Å². The van der Waals surface area contributed by atoms with Gasteiger partial charge in [0.15, 0.2) is 5.96 Å². The normalized spacial score (nSPS) is 22.8. The Labute approximate surface area is 149 Å². The Morgan fingerprint density at radius 2 is 2.17 bits per heavy atom. The standard InChI is InChI=1S/C18H27ClN4O/c1-20-18(21-7-5-15-3-2-4-16(19)13-15)23-8-6-17(14-23)22-9-11-24-12-10-22/h2-4,13,17H,5-12,14H2,1H3,(H,20,21). The average Bonchev–Trinajstić information content (AvgIpc) is 3.09. The van der Waals surface area contributed by atoms with Gasteiger partial charge >= 0.3 is 0 Å². The lowest BCUT2D eigenvalue weighted by molar-refractivity contribution is 0.0195. The van der Waals surface area contributed by atoms with Crippen LogP contribution in [-0.4, -0.2) is 74.8 Å². The van der Waals surface area contributed by atoms with Crippen molar-refractivity contribution in [2.24, 2.45) is 4.99 Å². The maximum Gasteiger partial charge on any atom is 0.193 e. The van der Waals surface area contributed by atoms with Gasteiger partial charge in [-0.25, -0.2) is 0 Å². The van der Waals surface area contributed by atoms with Crippen LogP contribution in [0.5, 0.6) is 0 Å². The molecule has 6 heteroatoms. The number of hydrogen-bond donors (Lipinski definition) is 1. The molecule has 0 saturated carbocycles. The van der Waals surface area contributed by atoms with Crippen LogP contribution in [0.25, 0.3) is 0 Å². The lowest BCUT2D eigenvalue weighted by Gasteiger charge is -2.32. The number of halogens is 1. The number of rotatable bonds is 4. The molecule has 3 rings (SSSR count). The first-order chi connectivity index (χ1) is 11.8. The molecule has 1 aromatic carbocycles. The molecule has 132 valence electrons. The molecule has 2 saturated heterocycles.